The molecule has 3 rings (SSSR count). The summed E-state index contributed by atoms with van der Waals surface area (Å²) in [5.74, 6) is -1.32. The number of nitrogens with zero attached hydrogens (tertiary/aromatic N) is 1. The number of rotatable bonds is 4. The summed E-state index contributed by atoms with van der Waals surface area (Å²) >= 11 is 0. The zero-order valence-corrected chi connectivity index (χ0v) is 14.3. The van der Waals surface area contributed by atoms with E-state index in [1.807, 2.05) is 30.3 Å². The van der Waals surface area contributed by atoms with E-state index >= 15 is 0 Å². The third kappa shape index (κ3) is 4.58. The van der Waals surface area contributed by atoms with Crippen molar-refractivity contribution in [3.63, 3.8) is 0 Å². The molecule has 0 saturated carbocycles. The predicted molar refractivity (Wildman–Crippen MR) is 93.0 cm³/mol. The van der Waals surface area contributed by atoms with Gasteiger partial charge in [-0.15, -0.1) is 0 Å². The minimum atomic E-state index is -1.04. The second-order valence-corrected chi connectivity index (χ2v) is 6.63. The summed E-state index contributed by atoms with van der Waals surface area (Å²) in [6.45, 7) is 0.851. The first-order chi connectivity index (χ1) is 12.5. The van der Waals surface area contributed by atoms with Crippen LogP contribution in [0.4, 0.5) is 8.78 Å². The molecule has 1 saturated heterocycles. The molecule has 26 heavy (non-hydrogen) atoms. The highest BCUT2D eigenvalue weighted by molar-refractivity contribution is 5.94. The molecule has 1 unspecified atom stereocenters. The molecule has 4 nitrogen and oxygen atoms in total. The van der Waals surface area contributed by atoms with Gasteiger partial charge in [0.2, 0.25) is 0 Å². The fourth-order valence-electron chi connectivity index (χ4n) is 3.12. The zero-order valence-electron chi connectivity index (χ0n) is 14.3. The Balaban J connectivity index is 1.62. The average molecular weight is 361 g/mol. The molecular weight excluding hydrogens is 340 g/mol. The molecule has 1 aliphatic heterocycles. The van der Waals surface area contributed by atoms with E-state index in [1.165, 1.54) is 4.90 Å². The highest BCUT2D eigenvalue weighted by atomic mass is 19.1. The molecule has 1 atom stereocenters. The van der Waals surface area contributed by atoms with Crippen molar-refractivity contribution >= 4 is 5.91 Å². The lowest BCUT2D eigenvalue weighted by Crippen LogP contribution is -2.38. The number of amides is 1. The van der Waals surface area contributed by atoms with Crippen molar-refractivity contribution < 1.29 is 23.4 Å². The maximum atomic E-state index is 13.4. The first-order valence-corrected chi connectivity index (χ1v) is 8.61. The van der Waals surface area contributed by atoms with Crippen LogP contribution in [0.15, 0.2) is 48.5 Å². The monoisotopic (exact) mass is 361 g/mol. The Labute approximate surface area is 151 Å². The Hall–Kier alpha value is -2.47. The van der Waals surface area contributed by atoms with Crippen LogP contribution in [0.3, 0.4) is 0 Å². The van der Waals surface area contributed by atoms with Crippen molar-refractivity contribution in [1.82, 2.24) is 4.90 Å². The Bertz CT molecular complexity index is 749. The number of carbonyl (C=O) groups excluding carboxylic acids is 1. The minimum Gasteiger partial charge on any atom is -0.491 e. The summed E-state index contributed by atoms with van der Waals surface area (Å²) in [6.07, 6.45) is 1.41. The topological polar surface area (TPSA) is 49.8 Å². The van der Waals surface area contributed by atoms with Gasteiger partial charge in [-0.1, -0.05) is 18.2 Å². The quantitative estimate of drug-likeness (QED) is 0.908. The lowest BCUT2D eigenvalue weighted by molar-refractivity contribution is -0.0163. The molecule has 138 valence electrons. The maximum Gasteiger partial charge on any atom is 0.254 e. The van der Waals surface area contributed by atoms with E-state index in [4.69, 9.17) is 4.74 Å². The fourth-order valence-corrected chi connectivity index (χ4v) is 3.12. The third-order valence-corrected chi connectivity index (χ3v) is 4.56. The van der Waals surface area contributed by atoms with Gasteiger partial charge in [-0.25, -0.2) is 8.78 Å². The van der Waals surface area contributed by atoms with Gasteiger partial charge in [0.05, 0.1) is 0 Å². The normalized spacial score (nSPS) is 20.5. The minimum absolute atomic E-state index is 0.0199. The molecule has 0 aromatic heterocycles. The van der Waals surface area contributed by atoms with Crippen LogP contribution >= 0.6 is 0 Å². The molecular formula is C20H21F2NO3. The van der Waals surface area contributed by atoms with E-state index in [-0.39, 0.29) is 12.2 Å². The predicted octanol–water partition coefficient (Wildman–Crippen LogP) is 3.40. The van der Waals surface area contributed by atoms with Gasteiger partial charge in [0.1, 0.15) is 29.6 Å². The van der Waals surface area contributed by atoms with Crippen molar-refractivity contribution in [2.24, 2.45) is 0 Å². The van der Waals surface area contributed by atoms with Crippen molar-refractivity contribution in [2.45, 2.75) is 24.9 Å². The number of ether oxygens (including phenoxy) is 1. The van der Waals surface area contributed by atoms with Crippen LogP contribution in [0.1, 0.15) is 29.6 Å². The van der Waals surface area contributed by atoms with Gasteiger partial charge < -0.3 is 14.7 Å². The van der Waals surface area contributed by atoms with Crippen LogP contribution < -0.4 is 4.74 Å². The SMILES string of the molecule is O=C(c1cc(F)cc(F)c1)N1CCCC(O)(COc2ccccc2)CC1. The number of hydrogen-bond acceptors (Lipinski definition) is 3. The largest absolute Gasteiger partial charge is 0.491 e. The van der Waals surface area contributed by atoms with Crippen LogP contribution in [-0.2, 0) is 0 Å². The van der Waals surface area contributed by atoms with Crippen LogP contribution in [-0.4, -0.2) is 41.2 Å². The Morgan fingerprint density at radius 1 is 1.08 bits per heavy atom. The number of carbonyl (C=O) groups is 1. The summed E-state index contributed by atoms with van der Waals surface area (Å²) in [6, 6.07) is 12.0. The maximum absolute atomic E-state index is 13.4. The van der Waals surface area contributed by atoms with Crippen molar-refractivity contribution in [1.29, 1.82) is 0 Å². The number of likely N-dealkylation sites (tertiary alicyclic amines) is 1. The Morgan fingerprint density at radius 2 is 1.77 bits per heavy atom. The first-order valence-electron chi connectivity index (χ1n) is 8.61. The highest BCUT2D eigenvalue weighted by Gasteiger charge is 2.32. The van der Waals surface area contributed by atoms with Gasteiger partial charge in [-0.05, 0) is 43.5 Å². The van der Waals surface area contributed by atoms with Gasteiger partial charge in [0, 0.05) is 24.7 Å². The Kier molecular flexibility index (Phi) is 5.52. The van der Waals surface area contributed by atoms with E-state index < -0.39 is 23.1 Å². The van der Waals surface area contributed by atoms with Gasteiger partial charge in [0.25, 0.3) is 5.91 Å². The molecule has 0 bridgehead atoms. The van der Waals surface area contributed by atoms with Crippen molar-refractivity contribution in [3.8, 4) is 5.75 Å². The van der Waals surface area contributed by atoms with Gasteiger partial charge >= 0.3 is 0 Å². The van der Waals surface area contributed by atoms with E-state index in [9.17, 15) is 18.7 Å². The summed E-state index contributed by atoms with van der Waals surface area (Å²) in [4.78, 5) is 14.0. The molecule has 1 N–H and O–H groups in total. The second-order valence-electron chi connectivity index (χ2n) is 6.63. The van der Waals surface area contributed by atoms with E-state index in [0.717, 1.165) is 18.2 Å². The molecule has 2 aromatic carbocycles. The molecule has 0 radical (unpaired) electrons. The third-order valence-electron chi connectivity index (χ3n) is 4.56. The zero-order chi connectivity index (χ0) is 18.6. The van der Waals surface area contributed by atoms with Gasteiger partial charge in [-0.3, -0.25) is 4.79 Å². The van der Waals surface area contributed by atoms with Gasteiger partial charge in [-0.2, -0.15) is 0 Å². The fraction of sp³-hybridized carbons (Fsp3) is 0.350. The molecule has 1 heterocycles. The number of halogens is 2. The summed E-state index contributed by atoms with van der Waals surface area (Å²) in [7, 11) is 0. The van der Waals surface area contributed by atoms with Crippen LogP contribution in [0, 0.1) is 11.6 Å². The number of para-hydroxylation sites is 1. The molecule has 6 heteroatoms. The van der Waals surface area contributed by atoms with Crippen LogP contribution in [0.25, 0.3) is 0 Å². The number of hydrogen-bond donors (Lipinski definition) is 1. The molecule has 1 aliphatic rings. The van der Waals surface area contributed by atoms with Crippen LogP contribution in [0.2, 0.25) is 0 Å². The first kappa shape index (κ1) is 18.3. The highest BCUT2D eigenvalue weighted by Crippen LogP contribution is 2.25. The van der Waals surface area contributed by atoms with Crippen molar-refractivity contribution in [2.75, 3.05) is 19.7 Å². The molecule has 0 spiro atoms. The van der Waals surface area contributed by atoms with Gasteiger partial charge in [0.15, 0.2) is 0 Å². The molecule has 2 aromatic rings. The summed E-state index contributed by atoms with van der Waals surface area (Å²) < 4.78 is 32.4. The number of benzene rings is 2. The van der Waals surface area contributed by atoms with E-state index in [2.05, 4.69) is 0 Å². The molecule has 1 amide bonds. The Morgan fingerprint density at radius 3 is 2.46 bits per heavy atom. The van der Waals surface area contributed by atoms with E-state index in [1.54, 1.807) is 0 Å². The molecule has 1 fully saturated rings. The van der Waals surface area contributed by atoms with Crippen molar-refractivity contribution in [3.05, 3.63) is 65.7 Å². The second kappa shape index (κ2) is 7.83. The number of aliphatic hydroxyl groups is 1. The average Bonchev–Trinajstić information content (AvgIpc) is 2.82. The van der Waals surface area contributed by atoms with E-state index in [0.29, 0.717) is 38.1 Å². The lowest BCUT2D eigenvalue weighted by Gasteiger charge is -2.27. The van der Waals surface area contributed by atoms with Crippen LogP contribution in [0.5, 0.6) is 5.75 Å². The summed E-state index contributed by atoms with van der Waals surface area (Å²) in [5, 5.41) is 10.8. The summed E-state index contributed by atoms with van der Waals surface area (Å²) in [5.41, 5.74) is -1.06. The standard InChI is InChI=1S/C20H21F2NO3/c21-16-11-15(12-17(22)13-16)19(24)23-9-4-7-20(25,8-10-23)14-26-18-5-2-1-3-6-18/h1-3,5-6,11-13,25H,4,7-10,14H2. The lowest BCUT2D eigenvalue weighted by atomic mass is 9.96. The smallest absolute Gasteiger partial charge is 0.254 e. The molecule has 0 aliphatic carbocycles.